The van der Waals surface area contributed by atoms with Crippen LogP contribution in [-0.4, -0.2) is 26.6 Å². The van der Waals surface area contributed by atoms with Crippen LogP contribution in [-0.2, 0) is 33.0 Å². The molecule has 9 heteroatoms. The molecule has 36 heavy (non-hydrogen) atoms. The monoisotopic (exact) mass is 483 g/mol. The lowest BCUT2D eigenvalue weighted by molar-refractivity contribution is -0.173. The van der Waals surface area contributed by atoms with Gasteiger partial charge in [0.15, 0.2) is 0 Å². The number of aromatic hydroxyl groups is 1. The molecule has 0 unspecified atom stereocenters. The van der Waals surface area contributed by atoms with Crippen molar-refractivity contribution in [3.05, 3.63) is 87.2 Å². The second kappa shape index (κ2) is 7.67. The molecule has 0 saturated heterocycles. The van der Waals surface area contributed by atoms with Crippen molar-refractivity contribution in [2.45, 2.75) is 32.1 Å². The number of rotatable bonds is 3. The van der Waals surface area contributed by atoms with Crippen molar-refractivity contribution in [2.24, 2.45) is 0 Å². The molecule has 180 valence electrons. The number of benzene rings is 2. The van der Waals surface area contributed by atoms with Crippen LogP contribution in [0.2, 0.25) is 0 Å². The number of nitrogens with zero attached hydrogens (tertiary/aromatic N) is 2. The predicted octanol–water partition coefficient (Wildman–Crippen LogP) is 3.23. The minimum Gasteiger partial charge on any atom is -0.508 e. The van der Waals surface area contributed by atoms with Gasteiger partial charge in [-0.25, -0.2) is 14.6 Å². The summed E-state index contributed by atoms with van der Waals surface area (Å²) >= 11 is 0. The predicted molar refractivity (Wildman–Crippen MR) is 130 cm³/mol. The van der Waals surface area contributed by atoms with Crippen LogP contribution in [0.1, 0.15) is 40.4 Å². The lowest BCUT2D eigenvalue weighted by Gasteiger charge is -2.35. The van der Waals surface area contributed by atoms with Gasteiger partial charge in [-0.05, 0) is 55.0 Å². The van der Waals surface area contributed by atoms with E-state index < -0.39 is 17.5 Å². The van der Waals surface area contributed by atoms with E-state index in [9.17, 15) is 19.5 Å². The molecule has 0 aliphatic carbocycles. The first kappa shape index (κ1) is 21.8. The number of carbonyl (C=O) groups excluding carboxylic acids is 2. The highest BCUT2D eigenvalue weighted by atomic mass is 16.6. The molecule has 0 radical (unpaired) electrons. The molecule has 2 aromatic carbocycles. The van der Waals surface area contributed by atoms with E-state index in [1.165, 1.54) is 24.3 Å². The van der Waals surface area contributed by atoms with Crippen LogP contribution in [0.25, 0.3) is 22.3 Å². The topological polar surface area (TPSA) is 134 Å². The summed E-state index contributed by atoms with van der Waals surface area (Å²) in [6, 6.07) is 14.6. The number of ether oxygens (including phenoxy) is 2. The standard InChI is InChI=1S/C27H21N3O6/c1-2-27(36-25(33)14-6-8-16(31)9-7-14)19-11-22-23-15(10-17-20(28)4-3-5-21(17)29-23)12-30(22)24(32)18(19)13-35-26(27)34/h3-11,31H,2,12-13,28H2,1H3/t27-/m0/s1. The van der Waals surface area contributed by atoms with Crippen LogP contribution in [0.15, 0.2) is 59.4 Å². The molecular formula is C27H21N3O6. The fourth-order valence-electron chi connectivity index (χ4n) is 5.00. The summed E-state index contributed by atoms with van der Waals surface area (Å²) in [5, 5.41) is 10.3. The number of hydrogen-bond donors (Lipinski definition) is 2. The molecule has 0 bridgehead atoms. The third-order valence-corrected chi connectivity index (χ3v) is 6.92. The quantitative estimate of drug-likeness (QED) is 0.295. The first-order valence-electron chi connectivity index (χ1n) is 11.5. The van der Waals surface area contributed by atoms with Crippen LogP contribution in [0.5, 0.6) is 5.75 Å². The largest absolute Gasteiger partial charge is 0.508 e. The second-order valence-electron chi connectivity index (χ2n) is 8.92. The molecule has 1 atom stereocenters. The number of fused-ring (bicyclic) bond motifs is 5. The number of carbonyl (C=O) groups is 2. The van der Waals surface area contributed by atoms with Gasteiger partial charge in [0.25, 0.3) is 5.56 Å². The van der Waals surface area contributed by atoms with Crippen molar-refractivity contribution in [2.75, 3.05) is 5.73 Å². The number of aromatic nitrogens is 2. The normalized spacial score (nSPS) is 17.8. The van der Waals surface area contributed by atoms with Gasteiger partial charge >= 0.3 is 11.9 Å². The van der Waals surface area contributed by atoms with Crippen LogP contribution in [0.3, 0.4) is 0 Å². The van der Waals surface area contributed by atoms with Crippen molar-refractivity contribution >= 4 is 28.5 Å². The molecule has 2 aliphatic heterocycles. The van der Waals surface area contributed by atoms with Crippen LogP contribution in [0.4, 0.5) is 5.69 Å². The second-order valence-corrected chi connectivity index (χ2v) is 8.92. The number of anilines is 1. The Morgan fingerprint density at radius 1 is 1.19 bits per heavy atom. The molecule has 6 rings (SSSR count). The molecule has 0 spiro atoms. The maximum Gasteiger partial charge on any atom is 0.355 e. The van der Waals surface area contributed by atoms with Crippen molar-refractivity contribution in [3.8, 4) is 17.1 Å². The van der Waals surface area contributed by atoms with Gasteiger partial charge in [-0.2, -0.15) is 0 Å². The van der Waals surface area contributed by atoms with Crippen molar-refractivity contribution in [3.63, 3.8) is 0 Å². The van der Waals surface area contributed by atoms with Gasteiger partial charge in [-0.1, -0.05) is 13.0 Å². The number of nitrogen functional groups attached to an aromatic ring is 1. The lowest BCUT2D eigenvalue weighted by atomic mass is 9.85. The Labute approximate surface area is 204 Å². The molecule has 2 aromatic heterocycles. The summed E-state index contributed by atoms with van der Waals surface area (Å²) in [7, 11) is 0. The van der Waals surface area contributed by atoms with Gasteiger partial charge in [0, 0.05) is 22.2 Å². The summed E-state index contributed by atoms with van der Waals surface area (Å²) in [4.78, 5) is 44.5. The number of esters is 2. The SMILES string of the molecule is CC[C@@]1(OC(=O)c2ccc(O)cc2)C(=O)OCc2c1cc1n(c2=O)Cc2cc3c(N)cccc3nc2-1. The van der Waals surface area contributed by atoms with E-state index >= 15 is 0 Å². The number of pyridine rings is 2. The Bertz CT molecular complexity index is 1660. The summed E-state index contributed by atoms with van der Waals surface area (Å²) in [6.45, 7) is 1.77. The van der Waals surface area contributed by atoms with E-state index in [-0.39, 0.29) is 35.5 Å². The number of nitrogens with two attached hydrogens (primary N) is 1. The lowest BCUT2D eigenvalue weighted by Crippen LogP contribution is -2.47. The number of cyclic esters (lactones) is 1. The summed E-state index contributed by atoms with van der Waals surface area (Å²) < 4.78 is 12.8. The average molecular weight is 483 g/mol. The Balaban J connectivity index is 1.52. The third kappa shape index (κ3) is 3.02. The van der Waals surface area contributed by atoms with E-state index in [0.717, 1.165) is 10.9 Å². The van der Waals surface area contributed by atoms with E-state index in [1.807, 2.05) is 18.2 Å². The van der Waals surface area contributed by atoms with Crippen LogP contribution >= 0.6 is 0 Å². The van der Waals surface area contributed by atoms with Gasteiger partial charge in [0.2, 0.25) is 5.60 Å². The third-order valence-electron chi connectivity index (χ3n) is 6.92. The van der Waals surface area contributed by atoms with Crippen molar-refractivity contribution in [1.29, 1.82) is 0 Å². The zero-order valence-corrected chi connectivity index (χ0v) is 19.3. The number of phenols is 1. The molecule has 0 saturated carbocycles. The minimum atomic E-state index is -1.80. The van der Waals surface area contributed by atoms with Gasteiger partial charge < -0.3 is 24.9 Å². The maximum absolute atomic E-state index is 13.6. The zero-order valence-electron chi connectivity index (χ0n) is 19.3. The first-order valence-corrected chi connectivity index (χ1v) is 11.5. The van der Waals surface area contributed by atoms with E-state index in [4.69, 9.17) is 20.2 Å². The molecule has 3 N–H and O–H groups in total. The zero-order chi connectivity index (χ0) is 25.2. The average Bonchev–Trinajstić information content (AvgIpc) is 3.23. The Morgan fingerprint density at radius 3 is 2.72 bits per heavy atom. The Hall–Kier alpha value is -4.66. The van der Waals surface area contributed by atoms with Gasteiger partial charge in [0.05, 0.1) is 34.6 Å². The van der Waals surface area contributed by atoms with E-state index in [0.29, 0.717) is 34.7 Å². The molecule has 4 heterocycles. The molecule has 0 fully saturated rings. The van der Waals surface area contributed by atoms with Gasteiger partial charge in [-0.15, -0.1) is 0 Å². The van der Waals surface area contributed by atoms with Crippen LogP contribution in [0, 0.1) is 0 Å². The fraction of sp³-hybridized carbons (Fsp3) is 0.185. The first-order chi connectivity index (χ1) is 17.3. The molecule has 2 aliphatic rings. The molecular weight excluding hydrogens is 462 g/mol. The van der Waals surface area contributed by atoms with Crippen molar-refractivity contribution < 1.29 is 24.2 Å². The van der Waals surface area contributed by atoms with Gasteiger partial charge in [-0.3, -0.25) is 4.79 Å². The summed E-state index contributed by atoms with van der Waals surface area (Å²) in [6.07, 6.45) is 0.0556. The van der Waals surface area contributed by atoms with E-state index in [2.05, 4.69) is 0 Å². The smallest absolute Gasteiger partial charge is 0.355 e. The van der Waals surface area contributed by atoms with Crippen molar-refractivity contribution in [1.82, 2.24) is 9.55 Å². The fourth-order valence-corrected chi connectivity index (χ4v) is 5.00. The van der Waals surface area contributed by atoms with E-state index in [1.54, 1.807) is 23.6 Å². The molecule has 9 nitrogen and oxygen atoms in total. The highest BCUT2D eigenvalue weighted by Crippen LogP contribution is 2.41. The number of hydrogen-bond acceptors (Lipinski definition) is 8. The molecule has 4 aromatic rings. The van der Waals surface area contributed by atoms with Gasteiger partial charge in [0.1, 0.15) is 12.4 Å². The van der Waals surface area contributed by atoms with Crippen LogP contribution < -0.4 is 11.3 Å². The Kier molecular flexibility index (Phi) is 4.66. The maximum atomic E-state index is 13.6. The highest BCUT2D eigenvalue weighted by Gasteiger charge is 2.50. The Morgan fingerprint density at radius 2 is 1.97 bits per heavy atom. The summed E-state index contributed by atoms with van der Waals surface area (Å²) in [5.74, 6) is -1.53. The number of phenolic OH excluding ortho intramolecular Hbond substituents is 1. The molecule has 0 amide bonds. The highest BCUT2D eigenvalue weighted by molar-refractivity contribution is 5.95. The minimum absolute atomic E-state index is 0.0109. The summed E-state index contributed by atoms with van der Waals surface area (Å²) in [5.41, 5.74) is 7.96.